The molecule has 3 aromatic rings. The highest BCUT2D eigenvalue weighted by Crippen LogP contribution is 2.14. The molecule has 0 atom stereocenters. The highest BCUT2D eigenvalue weighted by atomic mass is 16.1. The summed E-state index contributed by atoms with van der Waals surface area (Å²) in [6.45, 7) is 3.44. The molecule has 1 aliphatic heterocycles. The van der Waals surface area contributed by atoms with Crippen molar-refractivity contribution >= 4 is 17.8 Å². The molecule has 1 fully saturated rings. The van der Waals surface area contributed by atoms with Gasteiger partial charge in [-0.05, 0) is 29.8 Å². The SMILES string of the molecule is O=C(NCc1ccncc1)c1ccnc(N2CCN(c3ncccn3)CC2)n1. The zero-order valence-corrected chi connectivity index (χ0v) is 15.3. The van der Waals surface area contributed by atoms with Gasteiger partial charge in [-0.2, -0.15) is 0 Å². The molecular weight excluding hydrogens is 356 g/mol. The lowest BCUT2D eigenvalue weighted by Gasteiger charge is -2.34. The second-order valence-corrected chi connectivity index (χ2v) is 6.30. The number of nitrogens with one attached hydrogen (secondary N) is 1. The molecule has 0 aromatic carbocycles. The molecule has 0 unspecified atom stereocenters. The molecule has 0 radical (unpaired) electrons. The molecule has 1 N–H and O–H groups in total. The first-order valence-corrected chi connectivity index (χ1v) is 9.07. The first-order chi connectivity index (χ1) is 13.8. The van der Waals surface area contributed by atoms with Crippen LogP contribution in [0.3, 0.4) is 0 Å². The van der Waals surface area contributed by atoms with Gasteiger partial charge in [-0.25, -0.2) is 19.9 Å². The van der Waals surface area contributed by atoms with E-state index < -0.39 is 0 Å². The Morgan fingerprint density at radius 2 is 1.50 bits per heavy atom. The summed E-state index contributed by atoms with van der Waals surface area (Å²) < 4.78 is 0. The van der Waals surface area contributed by atoms with Crippen LogP contribution >= 0.6 is 0 Å². The molecule has 1 amide bonds. The highest BCUT2D eigenvalue weighted by Gasteiger charge is 2.21. The maximum absolute atomic E-state index is 12.4. The average molecular weight is 376 g/mol. The first kappa shape index (κ1) is 17.8. The molecule has 9 nitrogen and oxygen atoms in total. The Kier molecular flexibility index (Phi) is 5.32. The van der Waals surface area contributed by atoms with Gasteiger partial charge in [0.15, 0.2) is 0 Å². The number of nitrogens with zero attached hydrogens (tertiary/aromatic N) is 7. The minimum absolute atomic E-state index is 0.225. The molecule has 4 rings (SSSR count). The van der Waals surface area contributed by atoms with Gasteiger partial charge in [0.05, 0.1) is 0 Å². The van der Waals surface area contributed by atoms with Gasteiger partial charge in [-0.3, -0.25) is 9.78 Å². The van der Waals surface area contributed by atoms with Crippen molar-refractivity contribution in [1.29, 1.82) is 0 Å². The quantitative estimate of drug-likeness (QED) is 0.702. The molecular formula is C19H20N8O. The third-order valence-electron chi connectivity index (χ3n) is 4.48. The van der Waals surface area contributed by atoms with Gasteiger partial charge >= 0.3 is 0 Å². The number of carbonyl (C=O) groups excluding carboxylic acids is 1. The predicted molar refractivity (Wildman–Crippen MR) is 104 cm³/mol. The van der Waals surface area contributed by atoms with Gasteiger partial charge in [0.25, 0.3) is 5.91 Å². The van der Waals surface area contributed by atoms with Crippen LogP contribution in [-0.4, -0.2) is 57.0 Å². The fraction of sp³-hybridized carbons (Fsp3) is 0.263. The number of piperazine rings is 1. The normalized spacial score (nSPS) is 14.0. The number of hydrogen-bond donors (Lipinski definition) is 1. The number of rotatable bonds is 5. The van der Waals surface area contributed by atoms with E-state index in [1.807, 2.05) is 12.1 Å². The highest BCUT2D eigenvalue weighted by molar-refractivity contribution is 5.92. The van der Waals surface area contributed by atoms with Gasteiger partial charge in [0, 0.05) is 63.7 Å². The van der Waals surface area contributed by atoms with Gasteiger partial charge < -0.3 is 15.1 Å². The van der Waals surface area contributed by atoms with Crippen LogP contribution in [0.25, 0.3) is 0 Å². The zero-order chi connectivity index (χ0) is 19.2. The van der Waals surface area contributed by atoms with Gasteiger partial charge in [0.2, 0.25) is 11.9 Å². The minimum atomic E-state index is -0.225. The van der Waals surface area contributed by atoms with Crippen molar-refractivity contribution in [2.45, 2.75) is 6.54 Å². The Labute approximate surface area is 162 Å². The van der Waals surface area contributed by atoms with Gasteiger partial charge in [-0.15, -0.1) is 0 Å². The molecule has 1 aliphatic rings. The second-order valence-electron chi connectivity index (χ2n) is 6.30. The molecule has 142 valence electrons. The van der Waals surface area contributed by atoms with Crippen molar-refractivity contribution in [2.24, 2.45) is 0 Å². The number of pyridine rings is 1. The molecule has 1 saturated heterocycles. The predicted octanol–water partition coefficient (Wildman–Crippen LogP) is 0.918. The summed E-state index contributed by atoms with van der Waals surface area (Å²) in [4.78, 5) is 38.0. The van der Waals surface area contributed by atoms with Crippen LogP contribution in [0.4, 0.5) is 11.9 Å². The van der Waals surface area contributed by atoms with Crippen molar-refractivity contribution < 1.29 is 4.79 Å². The summed E-state index contributed by atoms with van der Waals surface area (Å²) >= 11 is 0. The summed E-state index contributed by atoms with van der Waals surface area (Å²) in [6.07, 6.45) is 8.50. The topological polar surface area (TPSA) is 100 Å². The lowest BCUT2D eigenvalue weighted by atomic mass is 10.2. The van der Waals surface area contributed by atoms with Gasteiger partial charge in [-0.1, -0.05) is 0 Å². The third kappa shape index (κ3) is 4.20. The van der Waals surface area contributed by atoms with Crippen molar-refractivity contribution in [3.63, 3.8) is 0 Å². The first-order valence-electron chi connectivity index (χ1n) is 9.07. The fourth-order valence-electron chi connectivity index (χ4n) is 2.96. The summed E-state index contributed by atoms with van der Waals surface area (Å²) in [5, 5.41) is 2.87. The Morgan fingerprint density at radius 1 is 0.857 bits per heavy atom. The number of anilines is 2. The van der Waals surface area contributed by atoms with E-state index >= 15 is 0 Å². The second kappa shape index (κ2) is 8.38. The van der Waals surface area contributed by atoms with Crippen molar-refractivity contribution in [3.05, 3.63) is 66.5 Å². The van der Waals surface area contributed by atoms with Crippen molar-refractivity contribution in [3.8, 4) is 0 Å². The number of hydrogen-bond acceptors (Lipinski definition) is 8. The fourth-order valence-corrected chi connectivity index (χ4v) is 2.96. The Morgan fingerprint density at radius 3 is 2.21 bits per heavy atom. The van der Waals surface area contributed by atoms with Crippen LogP contribution in [0.1, 0.15) is 16.1 Å². The maximum Gasteiger partial charge on any atom is 0.270 e. The molecule has 0 spiro atoms. The largest absolute Gasteiger partial charge is 0.347 e. The summed E-state index contributed by atoms with van der Waals surface area (Å²) in [6, 6.07) is 7.15. The Bertz CT molecular complexity index is 913. The van der Waals surface area contributed by atoms with E-state index in [4.69, 9.17) is 0 Å². The van der Waals surface area contributed by atoms with Crippen LogP contribution in [0.2, 0.25) is 0 Å². The molecule has 3 aromatic heterocycles. The smallest absolute Gasteiger partial charge is 0.270 e. The van der Waals surface area contributed by atoms with Crippen LogP contribution < -0.4 is 15.1 Å². The monoisotopic (exact) mass is 376 g/mol. The van der Waals surface area contributed by atoms with E-state index in [9.17, 15) is 4.79 Å². The van der Waals surface area contributed by atoms with Crippen molar-refractivity contribution in [1.82, 2.24) is 30.2 Å². The van der Waals surface area contributed by atoms with E-state index in [2.05, 4.69) is 40.0 Å². The van der Waals surface area contributed by atoms with E-state index in [0.29, 0.717) is 18.2 Å². The van der Waals surface area contributed by atoms with Crippen LogP contribution in [0.15, 0.2) is 55.2 Å². The molecule has 4 heterocycles. The molecule has 9 heteroatoms. The third-order valence-corrected chi connectivity index (χ3v) is 4.48. The minimum Gasteiger partial charge on any atom is -0.347 e. The number of aromatic nitrogens is 5. The molecule has 0 saturated carbocycles. The number of amides is 1. The lowest BCUT2D eigenvalue weighted by Crippen LogP contribution is -2.47. The van der Waals surface area contributed by atoms with Gasteiger partial charge in [0.1, 0.15) is 5.69 Å². The van der Waals surface area contributed by atoms with Crippen LogP contribution in [0.5, 0.6) is 0 Å². The van der Waals surface area contributed by atoms with E-state index in [-0.39, 0.29) is 5.91 Å². The lowest BCUT2D eigenvalue weighted by molar-refractivity contribution is 0.0946. The van der Waals surface area contributed by atoms with Crippen molar-refractivity contribution in [2.75, 3.05) is 36.0 Å². The van der Waals surface area contributed by atoms with Crippen LogP contribution in [0, 0.1) is 0 Å². The standard InChI is InChI=1S/C19H20N8O/c28-17(24-14-15-2-7-20-8-3-15)16-4-9-23-19(25-16)27-12-10-26(11-13-27)18-21-5-1-6-22-18/h1-9H,10-14H2,(H,24,28). The summed E-state index contributed by atoms with van der Waals surface area (Å²) in [7, 11) is 0. The number of carbonyl (C=O) groups is 1. The maximum atomic E-state index is 12.4. The van der Waals surface area contributed by atoms with Crippen LogP contribution in [-0.2, 0) is 6.54 Å². The summed E-state index contributed by atoms with van der Waals surface area (Å²) in [5.74, 6) is 1.06. The Balaban J connectivity index is 1.37. The van der Waals surface area contributed by atoms with E-state index in [0.717, 1.165) is 37.7 Å². The van der Waals surface area contributed by atoms with E-state index in [1.165, 1.54) is 0 Å². The molecule has 0 bridgehead atoms. The Hall–Kier alpha value is -3.62. The molecule has 0 aliphatic carbocycles. The van der Waals surface area contributed by atoms with E-state index in [1.54, 1.807) is 43.1 Å². The molecule has 28 heavy (non-hydrogen) atoms. The summed E-state index contributed by atoms with van der Waals surface area (Å²) in [5.41, 5.74) is 1.34. The average Bonchev–Trinajstić information content (AvgIpc) is 2.79. The zero-order valence-electron chi connectivity index (χ0n) is 15.3.